The summed E-state index contributed by atoms with van der Waals surface area (Å²) in [7, 11) is 0. The summed E-state index contributed by atoms with van der Waals surface area (Å²) in [6.07, 6.45) is 5.52. The summed E-state index contributed by atoms with van der Waals surface area (Å²) in [5.41, 5.74) is 4.20. The van der Waals surface area contributed by atoms with Crippen LogP contribution >= 0.6 is 22.9 Å². The number of halogens is 1. The molecule has 10 heteroatoms. The van der Waals surface area contributed by atoms with Crippen molar-refractivity contribution in [1.29, 1.82) is 0 Å². The van der Waals surface area contributed by atoms with E-state index in [1.165, 1.54) is 11.3 Å². The highest BCUT2D eigenvalue weighted by Crippen LogP contribution is 2.36. The van der Waals surface area contributed by atoms with Gasteiger partial charge in [-0.2, -0.15) is 4.98 Å². The van der Waals surface area contributed by atoms with Crippen LogP contribution < -0.4 is 10.2 Å². The van der Waals surface area contributed by atoms with Crippen LogP contribution in [0.5, 0.6) is 0 Å². The van der Waals surface area contributed by atoms with Crippen LogP contribution in [0.3, 0.4) is 0 Å². The van der Waals surface area contributed by atoms with Gasteiger partial charge in [-0.05, 0) is 48.9 Å². The molecular weight excluding hydrogens is 482 g/mol. The maximum absolute atomic E-state index is 6.50. The topological polar surface area (TPSA) is 92.3 Å². The molecule has 2 aromatic carbocycles. The summed E-state index contributed by atoms with van der Waals surface area (Å²) in [5.74, 6) is 0.513. The highest BCUT2D eigenvalue weighted by Gasteiger charge is 2.28. The number of aromatic nitrogens is 4. The fourth-order valence-corrected chi connectivity index (χ4v) is 5.00. The van der Waals surface area contributed by atoms with Gasteiger partial charge in [-0.15, -0.1) is 10.2 Å². The van der Waals surface area contributed by atoms with Crippen LogP contribution in [0.15, 0.2) is 94.2 Å². The number of para-hydroxylation sites is 2. The van der Waals surface area contributed by atoms with E-state index < -0.39 is 0 Å². The first-order chi connectivity index (χ1) is 17.2. The molecule has 6 rings (SSSR count). The Hall–Kier alpha value is -4.08. The van der Waals surface area contributed by atoms with E-state index >= 15 is 0 Å². The molecule has 1 aliphatic heterocycles. The van der Waals surface area contributed by atoms with Crippen LogP contribution in [-0.4, -0.2) is 26.1 Å². The quantitative estimate of drug-likeness (QED) is 0.309. The fraction of sp³-hybridized carbons (Fsp3) is 0.0800. The molecular formula is C25H18ClN7OS. The molecule has 172 valence electrons. The number of pyridine rings is 1. The van der Waals surface area contributed by atoms with Gasteiger partial charge in [-0.1, -0.05) is 53.3 Å². The van der Waals surface area contributed by atoms with Gasteiger partial charge in [0, 0.05) is 28.7 Å². The summed E-state index contributed by atoms with van der Waals surface area (Å²) < 4.78 is 5.91. The van der Waals surface area contributed by atoms with E-state index in [9.17, 15) is 0 Å². The Morgan fingerprint density at radius 3 is 2.63 bits per heavy atom. The third-order valence-electron chi connectivity index (χ3n) is 5.49. The number of aliphatic imine (C=N–C) groups is 1. The normalized spacial score (nSPS) is 15.7. The van der Waals surface area contributed by atoms with Crippen molar-refractivity contribution in [3.8, 4) is 10.6 Å². The first-order valence-electron chi connectivity index (χ1n) is 10.8. The van der Waals surface area contributed by atoms with Gasteiger partial charge >= 0.3 is 6.01 Å². The number of fused-ring (bicyclic) bond motifs is 1. The van der Waals surface area contributed by atoms with Crippen molar-refractivity contribution in [3.63, 3.8) is 0 Å². The number of guanidine groups is 1. The number of nitrogens with zero attached hydrogens (tertiary/aromatic N) is 6. The lowest BCUT2D eigenvalue weighted by Crippen LogP contribution is -2.38. The first kappa shape index (κ1) is 21.5. The lowest BCUT2D eigenvalue weighted by molar-refractivity contribution is 0.623. The highest BCUT2D eigenvalue weighted by atomic mass is 35.5. The monoisotopic (exact) mass is 499 g/mol. The highest BCUT2D eigenvalue weighted by molar-refractivity contribution is 7.18. The lowest BCUT2D eigenvalue weighted by atomic mass is 10.1. The Morgan fingerprint density at radius 2 is 1.80 bits per heavy atom. The molecule has 1 aliphatic rings. The standard InChI is InChI=1S/C25H18ClN7OS/c1-15-14-20(17-6-2-3-7-18(17)26)28-23(30-24-29-19-8-4-5-9-21(19)34-24)33(15)25-32-31-22(35-25)16-10-12-27-13-11-16/h2-14,20H,1H3,(H,28,29,30). The minimum absolute atomic E-state index is 0.292. The Labute approximate surface area is 209 Å². The number of oxazole rings is 1. The van der Waals surface area contributed by atoms with Gasteiger partial charge in [-0.3, -0.25) is 15.2 Å². The van der Waals surface area contributed by atoms with Crippen molar-refractivity contribution in [3.05, 3.63) is 95.4 Å². The zero-order chi connectivity index (χ0) is 23.8. The van der Waals surface area contributed by atoms with Gasteiger partial charge in [0.1, 0.15) is 16.6 Å². The summed E-state index contributed by atoms with van der Waals surface area (Å²) in [6, 6.07) is 19.1. The number of hydrogen-bond acceptors (Lipinski definition) is 9. The summed E-state index contributed by atoms with van der Waals surface area (Å²) >= 11 is 7.96. The number of nitrogens with one attached hydrogen (secondary N) is 1. The van der Waals surface area contributed by atoms with Crippen LogP contribution in [0.1, 0.15) is 18.5 Å². The van der Waals surface area contributed by atoms with E-state index in [0.717, 1.165) is 27.3 Å². The van der Waals surface area contributed by atoms with Crippen LogP contribution in [0, 0.1) is 0 Å². The number of rotatable bonds is 4. The average Bonchev–Trinajstić information content (AvgIpc) is 3.52. The molecule has 1 unspecified atom stereocenters. The average molecular weight is 500 g/mol. The Bertz CT molecular complexity index is 1540. The van der Waals surface area contributed by atoms with E-state index in [1.807, 2.05) is 78.6 Å². The number of anilines is 2. The van der Waals surface area contributed by atoms with E-state index in [0.29, 0.717) is 27.7 Å². The second-order valence-electron chi connectivity index (χ2n) is 7.80. The minimum atomic E-state index is -0.292. The van der Waals surface area contributed by atoms with Crippen LogP contribution in [-0.2, 0) is 0 Å². The molecule has 35 heavy (non-hydrogen) atoms. The number of benzene rings is 2. The van der Waals surface area contributed by atoms with Gasteiger partial charge in [0.15, 0.2) is 5.58 Å². The molecule has 0 fully saturated rings. The van der Waals surface area contributed by atoms with Gasteiger partial charge in [-0.25, -0.2) is 4.99 Å². The molecule has 5 aromatic rings. The predicted molar refractivity (Wildman–Crippen MR) is 139 cm³/mol. The Morgan fingerprint density at radius 1 is 1.00 bits per heavy atom. The summed E-state index contributed by atoms with van der Waals surface area (Å²) in [4.78, 5) is 15.5. The van der Waals surface area contributed by atoms with Crippen LogP contribution in [0.4, 0.5) is 11.1 Å². The SMILES string of the molecule is CC1=CC(c2ccccc2Cl)N=C(Nc2nc3ccccc3o2)N1c1nnc(-c2ccncc2)s1. The second kappa shape index (κ2) is 8.94. The zero-order valence-electron chi connectivity index (χ0n) is 18.5. The molecule has 0 radical (unpaired) electrons. The maximum atomic E-state index is 6.50. The maximum Gasteiger partial charge on any atom is 0.302 e. The lowest BCUT2D eigenvalue weighted by Gasteiger charge is -2.29. The van der Waals surface area contributed by atoms with Gasteiger partial charge in [0.25, 0.3) is 0 Å². The number of hydrogen-bond donors (Lipinski definition) is 1. The molecule has 0 spiro atoms. The van der Waals surface area contributed by atoms with Crippen molar-refractivity contribution < 1.29 is 4.42 Å². The van der Waals surface area contributed by atoms with E-state index in [2.05, 4.69) is 25.5 Å². The molecule has 0 saturated carbocycles. The fourth-order valence-electron chi connectivity index (χ4n) is 3.84. The number of allylic oxidation sites excluding steroid dienone is 1. The van der Waals surface area contributed by atoms with Crippen LogP contribution in [0.2, 0.25) is 5.02 Å². The van der Waals surface area contributed by atoms with E-state index in [4.69, 9.17) is 21.0 Å². The van der Waals surface area contributed by atoms with Crippen molar-refractivity contribution in [2.75, 3.05) is 10.2 Å². The molecule has 4 heterocycles. The molecule has 8 nitrogen and oxygen atoms in total. The van der Waals surface area contributed by atoms with Gasteiger partial charge in [0.2, 0.25) is 11.1 Å². The third kappa shape index (κ3) is 4.16. The summed E-state index contributed by atoms with van der Waals surface area (Å²) in [5, 5.41) is 14.2. The smallest absolute Gasteiger partial charge is 0.302 e. The predicted octanol–water partition coefficient (Wildman–Crippen LogP) is 6.33. The Balaban J connectivity index is 1.41. The summed E-state index contributed by atoms with van der Waals surface area (Å²) in [6.45, 7) is 2.00. The second-order valence-corrected chi connectivity index (χ2v) is 9.16. The molecule has 1 atom stereocenters. The zero-order valence-corrected chi connectivity index (χ0v) is 20.0. The molecule has 3 aromatic heterocycles. The third-order valence-corrected chi connectivity index (χ3v) is 6.80. The first-order valence-corrected chi connectivity index (χ1v) is 12.0. The molecule has 0 aliphatic carbocycles. The molecule has 0 saturated heterocycles. The Kier molecular flexibility index (Phi) is 5.48. The van der Waals surface area contributed by atoms with Crippen molar-refractivity contribution in [2.45, 2.75) is 13.0 Å². The van der Waals surface area contributed by atoms with Crippen LogP contribution in [0.25, 0.3) is 21.7 Å². The van der Waals surface area contributed by atoms with Crippen molar-refractivity contribution >= 4 is 51.1 Å². The van der Waals surface area contributed by atoms with Crippen molar-refractivity contribution in [1.82, 2.24) is 20.2 Å². The molecule has 0 bridgehead atoms. The van der Waals surface area contributed by atoms with E-state index in [1.54, 1.807) is 12.4 Å². The largest absolute Gasteiger partial charge is 0.423 e. The van der Waals surface area contributed by atoms with Gasteiger partial charge < -0.3 is 4.42 Å². The van der Waals surface area contributed by atoms with Crippen molar-refractivity contribution in [2.24, 2.45) is 4.99 Å². The molecule has 0 amide bonds. The van der Waals surface area contributed by atoms with E-state index in [-0.39, 0.29) is 6.04 Å². The minimum Gasteiger partial charge on any atom is -0.423 e. The molecule has 1 N–H and O–H groups in total. The van der Waals surface area contributed by atoms with Gasteiger partial charge in [0.05, 0.1) is 0 Å².